The molecule has 0 aliphatic rings. The van der Waals surface area contributed by atoms with Crippen LogP contribution in [0.25, 0.3) is 0 Å². The molecular weight excluding hydrogens is 264 g/mol. The smallest absolute Gasteiger partial charge is 0.339 e. The lowest BCUT2D eigenvalue weighted by molar-refractivity contribution is 0.0318. The summed E-state index contributed by atoms with van der Waals surface area (Å²) >= 11 is 0. The van der Waals surface area contributed by atoms with Crippen LogP contribution in [0.1, 0.15) is 23.7 Å². The van der Waals surface area contributed by atoms with Gasteiger partial charge in [-0.05, 0) is 18.6 Å². The Morgan fingerprint density at radius 3 is 2.65 bits per heavy atom. The number of carboxylic acid groups (broad SMARTS) is 1. The lowest BCUT2D eigenvalue weighted by Crippen LogP contribution is -2.23. The minimum atomic E-state index is -1.09. The van der Waals surface area contributed by atoms with E-state index in [1.165, 1.54) is 19.2 Å². The van der Waals surface area contributed by atoms with E-state index in [0.29, 0.717) is 12.4 Å². The first-order valence-corrected chi connectivity index (χ1v) is 6.38. The van der Waals surface area contributed by atoms with Gasteiger partial charge in [-0.2, -0.15) is 0 Å². The average molecular weight is 284 g/mol. The second-order valence-electron chi connectivity index (χ2n) is 4.23. The van der Waals surface area contributed by atoms with Crippen molar-refractivity contribution < 1.29 is 29.2 Å². The molecule has 1 unspecified atom stereocenters. The molecular formula is C14H20O6. The van der Waals surface area contributed by atoms with E-state index in [4.69, 9.17) is 19.3 Å². The monoisotopic (exact) mass is 284 g/mol. The van der Waals surface area contributed by atoms with Gasteiger partial charge in [0.05, 0.1) is 13.2 Å². The molecule has 1 aromatic rings. The minimum Gasteiger partial charge on any atom is -0.493 e. The summed E-state index contributed by atoms with van der Waals surface area (Å²) in [6, 6.07) is 4.52. The Morgan fingerprint density at radius 1 is 1.30 bits per heavy atom. The van der Waals surface area contributed by atoms with Gasteiger partial charge in [0.15, 0.2) is 0 Å². The molecule has 1 rings (SSSR count). The lowest BCUT2D eigenvalue weighted by Gasteiger charge is -2.14. The summed E-state index contributed by atoms with van der Waals surface area (Å²) in [4.78, 5) is 11.1. The molecule has 0 bridgehead atoms. The molecule has 0 heterocycles. The normalized spacial score (nSPS) is 11.9. The fourth-order valence-corrected chi connectivity index (χ4v) is 1.53. The van der Waals surface area contributed by atoms with Crippen molar-refractivity contribution in [1.82, 2.24) is 0 Å². The van der Waals surface area contributed by atoms with E-state index in [2.05, 4.69) is 0 Å². The summed E-state index contributed by atoms with van der Waals surface area (Å²) in [5, 5.41) is 18.6. The van der Waals surface area contributed by atoms with Crippen molar-refractivity contribution in [2.75, 3.05) is 26.9 Å². The standard InChI is InChI=1S/C14H20O6/c1-3-6-19-11-4-5-12(14(16)17)13(7-11)20-9-10(15)8-18-2/h4-5,7,10,15H,3,6,8-9H2,1-2H3,(H,16,17). The average Bonchev–Trinajstić information content (AvgIpc) is 2.43. The predicted octanol–water partition coefficient (Wildman–Crippen LogP) is 1.56. The highest BCUT2D eigenvalue weighted by Gasteiger charge is 2.14. The Kier molecular flexibility index (Phi) is 6.83. The van der Waals surface area contributed by atoms with Crippen molar-refractivity contribution in [3.63, 3.8) is 0 Å². The van der Waals surface area contributed by atoms with Gasteiger partial charge in [-0.15, -0.1) is 0 Å². The topological polar surface area (TPSA) is 85.2 Å². The molecule has 0 fully saturated rings. The molecule has 0 aliphatic heterocycles. The molecule has 6 heteroatoms. The highest BCUT2D eigenvalue weighted by atomic mass is 16.5. The number of carbonyl (C=O) groups is 1. The number of hydrogen-bond acceptors (Lipinski definition) is 5. The van der Waals surface area contributed by atoms with Gasteiger partial charge in [0, 0.05) is 13.2 Å². The molecule has 0 aliphatic carbocycles. The van der Waals surface area contributed by atoms with Crippen molar-refractivity contribution >= 4 is 5.97 Å². The number of ether oxygens (including phenoxy) is 3. The largest absolute Gasteiger partial charge is 0.493 e. The molecule has 6 nitrogen and oxygen atoms in total. The number of benzene rings is 1. The minimum absolute atomic E-state index is 0.0264. The third-order valence-corrected chi connectivity index (χ3v) is 2.45. The second-order valence-corrected chi connectivity index (χ2v) is 4.23. The molecule has 20 heavy (non-hydrogen) atoms. The number of methoxy groups -OCH3 is 1. The first-order chi connectivity index (χ1) is 9.58. The Labute approximate surface area is 117 Å². The van der Waals surface area contributed by atoms with E-state index in [-0.39, 0.29) is 24.5 Å². The van der Waals surface area contributed by atoms with Crippen LogP contribution in [0.3, 0.4) is 0 Å². The molecule has 0 saturated carbocycles. The molecule has 1 atom stereocenters. The zero-order valence-corrected chi connectivity index (χ0v) is 11.7. The highest BCUT2D eigenvalue weighted by molar-refractivity contribution is 5.91. The van der Waals surface area contributed by atoms with Gasteiger partial charge < -0.3 is 24.4 Å². The van der Waals surface area contributed by atoms with Crippen LogP contribution in [0.2, 0.25) is 0 Å². The Hall–Kier alpha value is -1.79. The van der Waals surface area contributed by atoms with Gasteiger partial charge >= 0.3 is 5.97 Å². The number of carboxylic acids is 1. The molecule has 0 radical (unpaired) electrons. The number of aliphatic hydroxyl groups excluding tert-OH is 1. The van der Waals surface area contributed by atoms with Gasteiger partial charge in [-0.1, -0.05) is 6.92 Å². The van der Waals surface area contributed by atoms with Gasteiger partial charge in [0.2, 0.25) is 0 Å². The van der Waals surface area contributed by atoms with E-state index >= 15 is 0 Å². The molecule has 0 spiro atoms. The Morgan fingerprint density at radius 2 is 2.05 bits per heavy atom. The Bertz CT molecular complexity index is 432. The van der Waals surface area contributed by atoms with E-state index < -0.39 is 12.1 Å². The SMILES string of the molecule is CCCOc1ccc(C(=O)O)c(OCC(O)COC)c1. The molecule has 0 amide bonds. The first-order valence-electron chi connectivity index (χ1n) is 6.38. The zero-order valence-electron chi connectivity index (χ0n) is 11.7. The van der Waals surface area contributed by atoms with Crippen molar-refractivity contribution in [3.8, 4) is 11.5 Å². The van der Waals surface area contributed by atoms with Crippen LogP contribution in [0.15, 0.2) is 18.2 Å². The van der Waals surface area contributed by atoms with Gasteiger partial charge in [0.1, 0.15) is 29.8 Å². The van der Waals surface area contributed by atoms with Crippen LogP contribution in [-0.4, -0.2) is 49.2 Å². The number of aromatic carboxylic acids is 1. The summed E-state index contributed by atoms with van der Waals surface area (Å²) in [7, 11) is 1.46. The second kappa shape index (κ2) is 8.39. The lowest BCUT2D eigenvalue weighted by atomic mass is 10.2. The van der Waals surface area contributed by atoms with Crippen molar-refractivity contribution in [1.29, 1.82) is 0 Å². The summed E-state index contributed by atoms with van der Waals surface area (Å²) in [5.74, 6) is -0.391. The number of hydrogen-bond donors (Lipinski definition) is 2. The van der Waals surface area contributed by atoms with E-state index in [1.807, 2.05) is 6.92 Å². The van der Waals surface area contributed by atoms with Crippen molar-refractivity contribution in [2.45, 2.75) is 19.4 Å². The third-order valence-electron chi connectivity index (χ3n) is 2.45. The van der Waals surface area contributed by atoms with Crippen LogP contribution in [-0.2, 0) is 4.74 Å². The van der Waals surface area contributed by atoms with Crippen molar-refractivity contribution in [2.24, 2.45) is 0 Å². The van der Waals surface area contributed by atoms with E-state index in [1.54, 1.807) is 6.07 Å². The van der Waals surface area contributed by atoms with Crippen LogP contribution < -0.4 is 9.47 Å². The van der Waals surface area contributed by atoms with E-state index in [9.17, 15) is 9.90 Å². The molecule has 0 saturated heterocycles. The molecule has 112 valence electrons. The van der Waals surface area contributed by atoms with Gasteiger partial charge in [-0.3, -0.25) is 0 Å². The quantitative estimate of drug-likeness (QED) is 0.716. The fourth-order valence-electron chi connectivity index (χ4n) is 1.53. The maximum absolute atomic E-state index is 11.1. The zero-order chi connectivity index (χ0) is 15.0. The maximum Gasteiger partial charge on any atom is 0.339 e. The summed E-state index contributed by atoms with van der Waals surface area (Å²) in [5.41, 5.74) is 0.0264. The first kappa shape index (κ1) is 16.3. The maximum atomic E-state index is 11.1. The van der Waals surface area contributed by atoms with Crippen LogP contribution in [0.4, 0.5) is 0 Å². The summed E-state index contributed by atoms with van der Waals surface area (Å²) in [6.45, 7) is 2.59. The van der Waals surface area contributed by atoms with Gasteiger partial charge in [0.25, 0.3) is 0 Å². The van der Waals surface area contributed by atoms with Gasteiger partial charge in [-0.25, -0.2) is 4.79 Å². The highest BCUT2D eigenvalue weighted by Crippen LogP contribution is 2.25. The van der Waals surface area contributed by atoms with Crippen LogP contribution >= 0.6 is 0 Å². The molecule has 0 aromatic heterocycles. The number of aliphatic hydroxyl groups is 1. The third kappa shape index (κ3) is 5.07. The predicted molar refractivity (Wildman–Crippen MR) is 72.6 cm³/mol. The molecule has 1 aromatic carbocycles. The Balaban J connectivity index is 2.80. The molecule has 2 N–H and O–H groups in total. The van der Waals surface area contributed by atoms with Crippen LogP contribution in [0, 0.1) is 0 Å². The fraction of sp³-hybridized carbons (Fsp3) is 0.500. The van der Waals surface area contributed by atoms with Crippen LogP contribution in [0.5, 0.6) is 11.5 Å². The summed E-state index contributed by atoms with van der Waals surface area (Å²) < 4.78 is 15.5. The number of rotatable bonds is 9. The summed E-state index contributed by atoms with van der Waals surface area (Å²) in [6.07, 6.45) is 0.0329. The van der Waals surface area contributed by atoms with E-state index in [0.717, 1.165) is 6.42 Å². The van der Waals surface area contributed by atoms with Crippen molar-refractivity contribution in [3.05, 3.63) is 23.8 Å².